The zero-order chi connectivity index (χ0) is 13.3. The summed E-state index contributed by atoms with van der Waals surface area (Å²) in [7, 11) is 0. The van der Waals surface area contributed by atoms with Gasteiger partial charge in [-0.1, -0.05) is 31.2 Å². The fourth-order valence-electron chi connectivity index (χ4n) is 1.91. The quantitative estimate of drug-likeness (QED) is 0.773. The van der Waals surface area contributed by atoms with Gasteiger partial charge in [-0.2, -0.15) is 0 Å². The van der Waals surface area contributed by atoms with Gasteiger partial charge in [0, 0.05) is 25.5 Å². The lowest BCUT2D eigenvalue weighted by Crippen LogP contribution is -2.20. The number of rotatable bonds is 7. The Balaban J connectivity index is 1.69. The molecule has 1 N–H and O–H groups in total. The number of nitrogens with one attached hydrogen (secondary N) is 1. The zero-order valence-corrected chi connectivity index (χ0v) is 11.3. The van der Waals surface area contributed by atoms with Crippen LogP contribution in [0, 0.1) is 0 Å². The zero-order valence-electron chi connectivity index (χ0n) is 11.3. The molecule has 3 heteroatoms. The molecule has 0 saturated carbocycles. The molecule has 0 aliphatic heterocycles. The van der Waals surface area contributed by atoms with Crippen molar-refractivity contribution in [2.45, 2.75) is 19.9 Å². The molecule has 0 bridgehead atoms. The second kappa shape index (κ2) is 7.54. The third kappa shape index (κ3) is 4.38. The van der Waals surface area contributed by atoms with Gasteiger partial charge < -0.3 is 10.1 Å². The van der Waals surface area contributed by atoms with Crippen molar-refractivity contribution in [3.05, 3.63) is 59.9 Å². The average molecular weight is 256 g/mol. The summed E-state index contributed by atoms with van der Waals surface area (Å²) in [4.78, 5) is 4.08. The lowest BCUT2D eigenvalue weighted by atomic mass is 10.1. The van der Waals surface area contributed by atoms with Crippen LogP contribution < -0.4 is 10.1 Å². The highest BCUT2D eigenvalue weighted by Gasteiger charge is 1.99. The van der Waals surface area contributed by atoms with Gasteiger partial charge in [0.2, 0.25) is 0 Å². The number of hydrogen-bond acceptors (Lipinski definition) is 3. The molecule has 2 rings (SSSR count). The number of benzene rings is 1. The van der Waals surface area contributed by atoms with Crippen LogP contribution in [0.3, 0.4) is 0 Å². The van der Waals surface area contributed by atoms with Crippen molar-refractivity contribution in [2.75, 3.05) is 13.2 Å². The van der Waals surface area contributed by atoms with Gasteiger partial charge in [0.1, 0.15) is 12.4 Å². The van der Waals surface area contributed by atoms with E-state index in [-0.39, 0.29) is 0 Å². The summed E-state index contributed by atoms with van der Waals surface area (Å²) in [5.41, 5.74) is 2.45. The smallest absolute Gasteiger partial charge is 0.122 e. The van der Waals surface area contributed by atoms with E-state index in [1.807, 2.05) is 30.5 Å². The van der Waals surface area contributed by atoms with E-state index >= 15 is 0 Å². The molecular weight excluding hydrogens is 236 g/mol. The number of nitrogens with zero attached hydrogens (tertiary/aromatic N) is 1. The van der Waals surface area contributed by atoms with E-state index in [1.165, 1.54) is 11.1 Å². The summed E-state index contributed by atoms with van der Waals surface area (Å²) in [6, 6.07) is 12.2. The molecule has 0 spiro atoms. The highest BCUT2D eigenvalue weighted by molar-refractivity contribution is 5.33. The van der Waals surface area contributed by atoms with Gasteiger partial charge in [-0.15, -0.1) is 0 Å². The predicted molar refractivity (Wildman–Crippen MR) is 77.3 cm³/mol. The van der Waals surface area contributed by atoms with Crippen molar-refractivity contribution in [1.82, 2.24) is 10.3 Å². The maximum atomic E-state index is 5.79. The Bertz CT molecular complexity index is 485. The van der Waals surface area contributed by atoms with Crippen LogP contribution in [-0.2, 0) is 13.0 Å². The second-order valence-corrected chi connectivity index (χ2v) is 4.35. The lowest BCUT2D eigenvalue weighted by Gasteiger charge is -2.10. The van der Waals surface area contributed by atoms with Gasteiger partial charge in [-0.25, -0.2) is 0 Å². The van der Waals surface area contributed by atoms with Crippen LogP contribution in [0.4, 0.5) is 0 Å². The van der Waals surface area contributed by atoms with E-state index in [1.54, 1.807) is 6.20 Å². The minimum atomic E-state index is 0.678. The van der Waals surface area contributed by atoms with Crippen LogP contribution in [0.25, 0.3) is 0 Å². The van der Waals surface area contributed by atoms with Crippen LogP contribution in [0.2, 0.25) is 0 Å². The van der Waals surface area contributed by atoms with E-state index in [0.29, 0.717) is 6.61 Å². The number of aryl methyl sites for hydroxylation is 1. The Labute approximate surface area is 114 Å². The fourth-order valence-corrected chi connectivity index (χ4v) is 1.91. The lowest BCUT2D eigenvalue weighted by molar-refractivity contribution is 0.311. The fraction of sp³-hybridized carbons (Fsp3) is 0.312. The molecule has 1 aromatic heterocycles. The number of aromatic nitrogens is 1. The molecule has 0 aliphatic carbocycles. The summed E-state index contributed by atoms with van der Waals surface area (Å²) in [5, 5.41) is 3.34. The first-order valence-corrected chi connectivity index (χ1v) is 6.70. The van der Waals surface area contributed by atoms with Crippen molar-refractivity contribution < 1.29 is 4.74 Å². The first kappa shape index (κ1) is 13.6. The van der Waals surface area contributed by atoms with Crippen LogP contribution in [0.5, 0.6) is 5.75 Å². The van der Waals surface area contributed by atoms with Gasteiger partial charge in [0.15, 0.2) is 0 Å². The third-order valence-corrected chi connectivity index (χ3v) is 2.94. The van der Waals surface area contributed by atoms with Crippen LogP contribution in [0.15, 0.2) is 48.8 Å². The monoisotopic (exact) mass is 256 g/mol. The molecule has 3 nitrogen and oxygen atoms in total. The molecule has 1 aromatic carbocycles. The number of pyridine rings is 1. The molecule has 0 fully saturated rings. The first-order chi connectivity index (χ1) is 9.40. The molecule has 0 amide bonds. The highest BCUT2D eigenvalue weighted by Crippen LogP contribution is 2.17. The van der Waals surface area contributed by atoms with Crippen LogP contribution in [0.1, 0.15) is 18.1 Å². The topological polar surface area (TPSA) is 34.1 Å². The van der Waals surface area contributed by atoms with Crippen molar-refractivity contribution in [1.29, 1.82) is 0 Å². The summed E-state index contributed by atoms with van der Waals surface area (Å²) < 4.78 is 5.79. The number of ether oxygens (including phenoxy) is 1. The normalized spacial score (nSPS) is 10.4. The SMILES string of the molecule is CCc1ccccc1OCCNCc1cccnc1. The molecule has 0 unspecified atom stereocenters. The summed E-state index contributed by atoms with van der Waals surface area (Å²) in [5.74, 6) is 0.994. The van der Waals surface area contributed by atoms with E-state index in [0.717, 1.165) is 25.3 Å². The molecule has 2 aromatic rings. The Hall–Kier alpha value is -1.87. The minimum Gasteiger partial charge on any atom is -0.492 e. The predicted octanol–water partition coefficient (Wildman–Crippen LogP) is 2.81. The van der Waals surface area contributed by atoms with Gasteiger partial charge in [-0.3, -0.25) is 4.98 Å². The Morgan fingerprint density at radius 3 is 2.84 bits per heavy atom. The molecule has 1 heterocycles. The van der Waals surface area contributed by atoms with E-state index < -0.39 is 0 Å². The molecule has 0 aliphatic rings. The third-order valence-electron chi connectivity index (χ3n) is 2.94. The molecule has 19 heavy (non-hydrogen) atoms. The molecule has 100 valence electrons. The Kier molecular flexibility index (Phi) is 5.38. The Morgan fingerprint density at radius 1 is 1.16 bits per heavy atom. The minimum absolute atomic E-state index is 0.678. The Morgan fingerprint density at radius 2 is 2.05 bits per heavy atom. The maximum Gasteiger partial charge on any atom is 0.122 e. The highest BCUT2D eigenvalue weighted by atomic mass is 16.5. The largest absolute Gasteiger partial charge is 0.492 e. The summed E-state index contributed by atoms with van der Waals surface area (Å²) in [6.45, 7) is 4.47. The van der Waals surface area contributed by atoms with Crippen molar-refractivity contribution in [3.8, 4) is 5.75 Å². The summed E-state index contributed by atoms with van der Waals surface area (Å²) >= 11 is 0. The van der Waals surface area contributed by atoms with Crippen LogP contribution in [-0.4, -0.2) is 18.1 Å². The first-order valence-electron chi connectivity index (χ1n) is 6.70. The standard InChI is InChI=1S/C16H20N2O/c1-2-15-7-3-4-8-16(15)19-11-10-18-13-14-6-5-9-17-12-14/h3-9,12,18H,2,10-11,13H2,1H3. The van der Waals surface area contributed by atoms with Crippen molar-refractivity contribution in [2.24, 2.45) is 0 Å². The van der Waals surface area contributed by atoms with Gasteiger partial charge in [0.05, 0.1) is 0 Å². The van der Waals surface area contributed by atoms with Crippen molar-refractivity contribution in [3.63, 3.8) is 0 Å². The van der Waals surface area contributed by atoms with E-state index in [9.17, 15) is 0 Å². The van der Waals surface area contributed by atoms with E-state index in [2.05, 4.69) is 29.4 Å². The van der Waals surface area contributed by atoms with Gasteiger partial charge >= 0.3 is 0 Å². The summed E-state index contributed by atoms with van der Waals surface area (Å²) in [6.07, 6.45) is 4.66. The number of hydrogen-bond donors (Lipinski definition) is 1. The van der Waals surface area contributed by atoms with Gasteiger partial charge in [-0.05, 0) is 29.7 Å². The maximum absolute atomic E-state index is 5.79. The van der Waals surface area contributed by atoms with Gasteiger partial charge in [0.25, 0.3) is 0 Å². The van der Waals surface area contributed by atoms with Crippen molar-refractivity contribution >= 4 is 0 Å². The molecular formula is C16H20N2O. The average Bonchev–Trinajstić information content (AvgIpc) is 2.48. The molecule has 0 saturated heterocycles. The number of para-hydroxylation sites is 1. The van der Waals surface area contributed by atoms with E-state index in [4.69, 9.17) is 4.74 Å². The second-order valence-electron chi connectivity index (χ2n) is 4.35. The molecule has 0 atom stereocenters. The van der Waals surface area contributed by atoms with Crippen LogP contribution >= 0.6 is 0 Å². The molecule has 0 radical (unpaired) electrons.